The fraction of sp³-hybridized carbons (Fsp3) is 0.261. The van der Waals surface area contributed by atoms with Crippen molar-refractivity contribution >= 4 is 11.9 Å². The molecule has 0 bridgehead atoms. The molecule has 1 amide bonds. The van der Waals surface area contributed by atoms with E-state index >= 15 is 0 Å². The molecular weight excluding hydrogens is 398 g/mol. The van der Waals surface area contributed by atoms with E-state index in [1.807, 2.05) is 30.5 Å². The van der Waals surface area contributed by atoms with Crippen LogP contribution in [0.2, 0.25) is 0 Å². The van der Waals surface area contributed by atoms with Gasteiger partial charge in [0.25, 0.3) is 5.91 Å². The minimum atomic E-state index is -0.865. The molecule has 0 aliphatic carbocycles. The highest BCUT2D eigenvalue weighted by Gasteiger charge is 2.12. The van der Waals surface area contributed by atoms with E-state index in [1.165, 1.54) is 7.11 Å². The molecule has 162 valence electrons. The Bertz CT molecular complexity index is 1020. The maximum Gasteiger partial charge on any atom is 0.303 e. The van der Waals surface area contributed by atoms with Crippen LogP contribution >= 0.6 is 0 Å². The summed E-state index contributed by atoms with van der Waals surface area (Å²) < 4.78 is 12.9. The summed E-state index contributed by atoms with van der Waals surface area (Å²) in [6.07, 6.45) is 3.95. The second kappa shape index (κ2) is 10.8. The van der Waals surface area contributed by atoms with Gasteiger partial charge in [-0.25, -0.2) is 0 Å². The molecule has 0 aliphatic rings. The van der Waals surface area contributed by atoms with E-state index in [0.29, 0.717) is 36.6 Å². The fourth-order valence-corrected chi connectivity index (χ4v) is 3.11. The molecule has 0 saturated carbocycles. The summed E-state index contributed by atoms with van der Waals surface area (Å²) in [7, 11) is 1.52. The molecule has 2 N–H and O–H groups in total. The van der Waals surface area contributed by atoms with Crippen molar-refractivity contribution in [1.82, 2.24) is 15.1 Å². The molecule has 0 spiro atoms. The number of aliphatic carboxylic acids is 1. The number of carboxylic acids is 1. The quantitative estimate of drug-likeness (QED) is 0.460. The van der Waals surface area contributed by atoms with Gasteiger partial charge in [-0.3, -0.25) is 14.3 Å². The van der Waals surface area contributed by atoms with Gasteiger partial charge < -0.3 is 19.9 Å². The largest absolute Gasteiger partial charge is 0.496 e. The Labute approximate surface area is 180 Å². The van der Waals surface area contributed by atoms with Crippen LogP contribution in [0.25, 0.3) is 0 Å². The molecule has 8 heteroatoms. The number of aryl methyl sites for hydroxylation is 1. The van der Waals surface area contributed by atoms with E-state index in [2.05, 4.69) is 10.4 Å². The minimum Gasteiger partial charge on any atom is -0.496 e. The number of carbonyl (C=O) groups excluding carboxylic acids is 1. The van der Waals surface area contributed by atoms with Gasteiger partial charge in [-0.2, -0.15) is 5.10 Å². The van der Waals surface area contributed by atoms with Crippen LogP contribution in [0.3, 0.4) is 0 Å². The Balaban J connectivity index is 1.62. The van der Waals surface area contributed by atoms with Crippen LogP contribution in [0.1, 0.15) is 27.9 Å². The number of carbonyl (C=O) groups is 2. The number of hydrogen-bond acceptors (Lipinski definition) is 5. The fourth-order valence-electron chi connectivity index (χ4n) is 3.11. The molecule has 0 unspecified atom stereocenters. The van der Waals surface area contributed by atoms with Crippen molar-refractivity contribution in [2.45, 2.75) is 19.4 Å². The van der Waals surface area contributed by atoms with Crippen LogP contribution in [0.4, 0.5) is 0 Å². The van der Waals surface area contributed by atoms with Crippen molar-refractivity contribution < 1.29 is 24.2 Å². The molecule has 0 fully saturated rings. The Hall–Kier alpha value is -3.81. The summed E-state index contributed by atoms with van der Waals surface area (Å²) >= 11 is 0. The number of benzene rings is 2. The molecule has 0 aliphatic heterocycles. The first kappa shape index (κ1) is 21.9. The average molecular weight is 423 g/mol. The van der Waals surface area contributed by atoms with Gasteiger partial charge in [0.15, 0.2) is 0 Å². The zero-order valence-corrected chi connectivity index (χ0v) is 17.3. The Morgan fingerprint density at radius 2 is 1.97 bits per heavy atom. The number of carboxylic acid groups (broad SMARTS) is 1. The number of methoxy groups -OCH3 is 1. The second-order valence-corrected chi connectivity index (χ2v) is 6.84. The third-order valence-electron chi connectivity index (χ3n) is 4.64. The van der Waals surface area contributed by atoms with Crippen LogP contribution in [-0.4, -0.2) is 47.0 Å². The van der Waals surface area contributed by atoms with Gasteiger partial charge in [0.1, 0.15) is 18.1 Å². The van der Waals surface area contributed by atoms with Crippen molar-refractivity contribution in [2.24, 2.45) is 0 Å². The topological polar surface area (TPSA) is 103 Å². The van der Waals surface area contributed by atoms with Crippen LogP contribution < -0.4 is 14.8 Å². The number of amides is 1. The lowest BCUT2D eigenvalue weighted by molar-refractivity contribution is -0.136. The number of para-hydroxylation sites is 1. The van der Waals surface area contributed by atoms with Crippen molar-refractivity contribution in [1.29, 1.82) is 0 Å². The summed E-state index contributed by atoms with van der Waals surface area (Å²) in [6.45, 7) is 1.11. The lowest BCUT2D eigenvalue weighted by Crippen LogP contribution is -2.28. The first-order chi connectivity index (χ1) is 15.1. The van der Waals surface area contributed by atoms with Gasteiger partial charge in [0.05, 0.1) is 25.8 Å². The van der Waals surface area contributed by atoms with Gasteiger partial charge in [-0.1, -0.05) is 24.3 Å². The smallest absolute Gasteiger partial charge is 0.303 e. The normalized spacial score (nSPS) is 10.5. The van der Waals surface area contributed by atoms with Crippen molar-refractivity contribution in [3.8, 4) is 11.5 Å². The average Bonchev–Trinajstić information content (AvgIpc) is 3.28. The molecule has 0 saturated heterocycles. The minimum absolute atomic E-state index is 0.0133. The highest BCUT2D eigenvalue weighted by molar-refractivity contribution is 5.96. The maximum atomic E-state index is 12.4. The summed E-state index contributed by atoms with van der Waals surface area (Å²) in [5.74, 6) is -0.00383. The third kappa shape index (κ3) is 6.33. The van der Waals surface area contributed by atoms with Crippen LogP contribution in [-0.2, 0) is 17.8 Å². The van der Waals surface area contributed by atoms with Crippen molar-refractivity contribution in [3.05, 3.63) is 77.6 Å². The number of aromatic nitrogens is 2. The molecule has 3 rings (SSSR count). The predicted molar refractivity (Wildman–Crippen MR) is 115 cm³/mol. The first-order valence-corrected chi connectivity index (χ1v) is 9.92. The number of rotatable bonds is 11. The molecule has 3 aromatic rings. The van der Waals surface area contributed by atoms with E-state index in [1.54, 1.807) is 35.1 Å². The SMILES string of the molecule is COc1ccccc1C(=O)NCCOc1cc(Cn2cccn2)ccc1CCC(=O)O. The van der Waals surface area contributed by atoms with E-state index < -0.39 is 5.97 Å². The lowest BCUT2D eigenvalue weighted by Gasteiger charge is -2.14. The monoisotopic (exact) mass is 423 g/mol. The number of nitrogens with zero attached hydrogens (tertiary/aromatic N) is 2. The summed E-state index contributed by atoms with van der Waals surface area (Å²) in [5.41, 5.74) is 2.24. The van der Waals surface area contributed by atoms with Crippen LogP contribution in [0.5, 0.6) is 11.5 Å². The molecule has 0 radical (unpaired) electrons. The van der Waals surface area contributed by atoms with Gasteiger partial charge in [0.2, 0.25) is 0 Å². The molecule has 0 atom stereocenters. The lowest BCUT2D eigenvalue weighted by atomic mass is 10.1. The standard InChI is InChI=1S/C23H25N3O5/c1-30-20-6-3-2-5-19(20)23(29)24-12-14-31-21-15-17(16-26-13-4-11-25-26)7-8-18(21)9-10-22(27)28/h2-8,11,13,15H,9-10,12,14,16H2,1H3,(H,24,29)(H,27,28). The third-order valence-corrected chi connectivity index (χ3v) is 4.64. The van der Waals surface area contributed by atoms with Crippen LogP contribution in [0.15, 0.2) is 60.9 Å². The number of nitrogens with one attached hydrogen (secondary N) is 1. The van der Waals surface area contributed by atoms with E-state index in [9.17, 15) is 9.59 Å². The molecule has 1 heterocycles. The first-order valence-electron chi connectivity index (χ1n) is 9.92. The molecule has 31 heavy (non-hydrogen) atoms. The maximum absolute atomic E-state index is 12.4. The van der Waals surface area contributed by atoms with Gasteiger partial charge in [-0.15, -0.1) is 0 Å². The summed E-state index contributed by atoms with van der Waals surface area (Å²) in [5, 5.41) is 16.0. The Morgan fingerprint density at radius 1 is 1.13 bits per heavy atom. The number of hydrogen-bond donors (Lipinski definition) is 2. The second-order valence-electron chi connectivity index (χ2n) is 6.84. The molecule has 8 nitrogen and oxygen atoms in total. The zero-order valence-electron chi connectivity index (χ0n) is 17.3. The van der Waals surface area contributed by atoms with Gasteiger partial charge in [-0.05, 0) is 41.8 Å². The highest BCUT2D eigenvalue weighted by atomic mass is 16.5. The Kier molecular flexibility index (Phi) is 7.64. The Morgan fingerprint density at radius 3 is 2.71 bits per heavy atom. The summed E-state index contributed by atoms with van der Waals surface area (Å²) in [6, 6.07) is 14.5. The van der Waals surface area contributed by atoms with E-state index in [-0.39, 0.29) is 18.9 Å². The van der Waals surface area contributed by atoms with Crippen molar-refractivity contribution in [2.75, 3.05) is 20.3 Å². The molecule has 2 aromatic carbocycles. The van der Waals surface area contributed by atoms with Crippen LogP contribution in [0, 0.1) is 0 Å². The van der Waals surface area contributed by atoms with Gasteiger partial charge in [0, 0.05) is 18.8 Å². The highest BCUT2D eigenvalue weighted by Crippen LogP contribution is 2.23. The van der Waals surface area contributed by atoms with Gasteiger partial charge >= 0.3 is 5.97 Å². The molecular formula is C23H25N3O5. The van der Waals surface area contributed by atoms with Crippen molar-refractivity contribution in [3.63, 3.8) is 0 Å². The van der Waals surface area contributed by atoms with E-state index in [0.717, 1.165) is 11.1 Å². The number of ether oxygens (including phenoxy) is 2. The zero-order chi connectivity index (χ0) is 22.1. The summed E-state index contributed by atoms with van der Waals surface area (Å²) in [4.78, 5) is 23.4. The van der Waals surface area contributed by atoms with E-state index in [4.69, 9.17) is 14.6 Å². The predicted octanol–water partition coefficient (Wildman–Crippen LogP) is 2.77. The molecule has 1 aromatic heterocycles.